The number of aliphatic imine (C=N–C) groups is 1. The number of carbonyl (C=O) groups excluding carboxylic acids is 3. The van der Waals surface area contributed by atoms with Crippen LogP contribution < -0.4 is 10.6 Å². The van der Waals surface area contributed by atoms with Gasteiger partial charge in [-0.15, -0.1) is 0 Å². The van der Waals surface area contributed by atoms with E-state index in [0.717, 1.165) is 4.90 Å². The molecule has 0 aromatic heterocycles. The molecular weight excluding hydrogens is 411 g/mol. The van der Waals surface area contributed by atoms with Crippen molar-refractivity contribution in [1.29, 1.82) is 0 Å². The largest absolute Gasteiger partial charge is 0.350 e. The lowest BCUT2D eigenvalue weighted by Gasteiger charge is -2.19. The molecule has 0 saturated carbocycles. The Bertz CT molecular complexity index is 1050. The van der Waals surface area contributed by atoms with Crippen LogP contribution in [0.4, 0.5) is 4.39 Å². The van der Waals surface area contributed by atoms with E-state index in [4.69, 9.17) is 11.6 Å². The standard InChI is InChI=1S/C21H18ClFN4O3/c1-13(28)27(12-19(29)24-11-15-3-2-4-17(23)9-15)21-25-18(20(30)26-21)10-14-5-7-16(22)8-6-14/h2-10H,11-12H2,1H3,(H,24,29)(H,25,26,30). The van der Waals surface area contributed by atoms with Crippen molar-refractivity contribution in [2.45, 2.75) is 13.5 Å². The molecule has 0 bridgehead atoms. The summed E-state index contributed by atoms with van der Waals surface area (Å²) in [5, 5.41) is 5.66. The Balaban J connectivity index is 1.69. The van der Waals surface area contributed by atoms with E-state index in [1.165, 1.54) is 25.1 Å². The highest BCUT2D eigenvalue weighted by atomic mass is 35.5. The molecule has 2 aromatic carbocycles. The minimum absolute atomic E-state index is 0.0337. The third-order valence-electron chi connectivity index (χ3n) is 4.17. The summed E-state index contributed by atoms with van der Waals surface area (Å²) in [5.74, 6) is -1.89. The lowest BCUT2D eigenvalue weighted by molar-refractivity contribution is -0.131. The Labute approximate surface area is 177 Å². The maximum absolute atomic E-state index is 13.2. The maximum Gasteiger partial charge on any atom is 0.276 e. The fourth-order valence-electron chi connectivity index (χ4n) is 2.68. The highest BCUT2D eigenvalue weighted by molar-refractivity contribution is 6.30. The van der Waals surface area contributed by atoms with Crippen LogP contribution in [0.25, 0.3) is 6.08 Å². The Hall–Kier alpha value is -3.52. The van der Waals surface area contributed by atoms with Gasteiger partial charge >= 0.3 is 0 Å². The van der Waals surface area contributed by atoms with Crippen LogP contribution in [0.5, 0.6) is 0 Å². The highest BCUT2D eigenvalue weighted by Crippen LogP contribution is 2.16. The van der Waals surface area contributed by atoms with Crippen molar-refractivity contribution in [3.8, 4) is 0 Å². The van der Waals surface area contributed by atoms with E-state index < -0.39 is 23.5 Å². The maximum atomic E-state index is 13.2. The summed E-state index contributed by atoms with van der Waals surface area (Å²) in [6.45, 7) is 1.01. The van der Waals surface area contributed by atoms with Crippen LogP contribution in [0.3, 0.4) is 0 Å². The second-order valence-electron chi connectivity index (χ2n) is 6.48. The van der Waals surface area contributed by atoms with Crippen molar-refractivity contribution in [2.24, 2.45) is 4.99 Å². The van der Waals surface area contributed by atoms with Gasteiger partial charge in [0.15, 0.2) is 0 Å². The molecule has 154 valence electrons. The van der Waals surface area contributed by atoms with Crippen LogP contribution in [0.15, 0.2) is 59.2 Å². The summed E-state index contributed by atoms with van der Waals surface area (Å²) in [6.07, 6.45) is 1.54. The fraction of sp³-hybridized carbons (Fsp3) is 0.143. The molecule has 0 unspecified atom stereocenters. The first-order valence-electron chi connectivity index (χ1n) is 8.98. The normalized spacial score (nSPS) is 14.3. The smallest absolute Gasteiger partial charge is 0.276 e. The number of carbonyl (C=O) groups is 3. The number of hydrogen-bond donors (Lipinski definition) is 2. The van der Waals surface area contributed by atoms with E-state index in [1.54, 1.807) is 36.4 Å². The lowest BCUT2D eigenvalue weighted by atomic mass is 10.2. The zero-order chi connectivity index (χ0) is 21.7. The van der Waals surface area contributed by atoms with E-state index in [1.807, 2.05) is 0 Å². The molecule has 1 aliphatic heterocycles. The minimum atomic E-state index is -0.494. The van der Waals surface area contributed by atoms with Crippen molar-refractivity contribution in [3.05, 3.63) is 76.2 Å². The van der Waals surface area contributed by atoms with Gasteiger partial charge in [-0.05, 0) is 41.5 Å². The lowest BCUT2D eigenvalue weighted by Crippen LogP contribution is -2.47. The number of nitrogens with zero attached hydrogens (tertiary/aromatic N) is 2. The molecule has 0 spiro atoms. The third-order valence-corrected chi connectivity index (χ3v) is 4.43. The zero-order valence-electron chi connectivity index (χ0n) is 16.0. The Morgan fingerprint density at radius 2 is 1.97 bits per heavy atom. The van der Waals surface area contributed by atoms with E-state index in [-0.39, 0.29) is 24.7 Å². The van der Waals surface area contributed by atoms with Gasteiger partial charge in [0.2, 0.25) is 17.8 Å². The second-order valence-corrected chi connectivity index (χ2v) is 6.92. The Morgan fingerprint density at radius 1 is 1.23 bits per heavy atom. The van der Waals surface area contributed by atoms with Gasteiger partial charge in [-0.2, -0.15) is 0 Å². The van der Waals surface area contributed by atoms with Crippen molar-refractivity contribution >= 4 is 41.4 Å². The van der Waals surface area contributed by atoms with Gasteiger partial charge in [-0.3, -0.25) is 24.6 Å². The van der Waals surface area contributed by atoms with Crippen molar-refractivity contribution < 1.29 is 18.8 Å². The molecule has 1 aliphatic rings. The molecule has 0 saturated heterocycles. The van der Waals surface area contributed by atoms with Gasteiger partial charge in [-0.1, -0.05) is 35.9 Å². The second kappa shape index (κ2) is 9.32. The summed E-state index contributed by atoms with van der Waals surface area (Å²) >= 11 is 5.85. The summed E-state index contributed by atoms with van der Waals surface area (Å²) in [5.41, 5.74) is 1.38. The van der Waals surface area contributed by atoms with E-state index in [2.05, 4.69) is 15.6 Å². The van der Waals surface area contributed by atoms with Crippen LogP contribution in [-0.4, -0.2) is 35.1 Å². The number of halogens is 2. The number of rotatable bonds is 5. The molecular formula is C21H18ClFN4O3. The van der Waals surface area contributed by atoms with E-state index in [0.29, 0.717) is 16.1 Å². The van der Waals surface area contributed by atoms with Crippen molar-refractivity contribution in [1.82, 2.24) is 15.5 Å². The predicted molar refractivity (Wildman–Crippen MR) is 111 cm³/mol. The third kappa shape index (κ3) is 5.51. The molecule has 2 aromatic rings. The van der Waals surface area contributed by atoms with Crippen LogP contribution in [-0.2, 0) is 20.9 Å². The quantitative estimate of drug-likeness (QED) is 0.717. The molecule has 9 heteroatoms. The number of guanidine groups is 1. The average Bonchev–Trinajstić information content (AvgIpc) is 3.06. The molecule has 3 amide bonds. The van der Waals surface area contributed by atoms with Gasteiger partial charge < -0.3 is 5.32 Å². The van der Waals surface area contributed by atoms with Crippen LogP contribution in [0.2, 0.25) is 5.02 Å². The molecule has 1 heterocycles. The van der Waals surface area contributed by atoms with Gasteiger partial charge in [0.1, 0.15) is 18.1 Å². The van der Waals surface area contributed by atoms with Gasteiger partial charge in [0.05, 0.1) is 0 Å². The van der Waals surface area contributed by atoms with Gasteiger partial charge in [0, 0.05) is 18.5 Å². The van der Waals surface area contributed by atoms with Crippen LogP contribution in [0.1, 0.15) is 18.1 Å². The molecule has 30 heavy (non-hydrogen) atoms. The van der Waals surface area contributed by atoms with Crippen molar-refractivity contribution in [3.63, 3.8) is 0 Å². The van der Waals surface area contributed by atoms with Gasteiger partial charge in [0.25, 0.3) is 5.91 Å². The van der Waals surface area contributed by atoms with E-state index in [9.17, 15) is 18.8 Å². The molecule has 3 rings (SSSR count). The minimum Gasteiger partial charge on any atom is -0.350 e. The number of benzene rings is 2. The SMILES string of the molecule is CC(=O)N(CC(=O)NCc1cccc(F)c1)C1=NC(=Cc2ccc(Cl)cc2)C(=O)N1. The highest BCUT2D eigenvalue weighted by Gasteiger charge is 2.28. The number of nitrogens with one attached hydrogen (secondary N) is 2. The Morgan fingerprint density at radius 3 is 2.63 bits per heavy atom. The molecule has 2 N–H and O–H groups in total. The molecule has 0 fully saturated rings. The molecule has 7 nitrogen and oxygen atoms in total. The summed E-state index contributed by atoms with van der Waals surface area (Å²) in [6, 6.07) is 12.6. The summed E-state index contributed by atoms with van der Waals surface area (Å²) in [7, 11) is 0. The van der Waals surface area contributed by atoms with Gasteiger partial charge in [-0.25, -0.2) is 9.38 Å². The van der Waals surface area contributed by atoms with E-state index >= 15 is 0 Å². The molecule has 0 radical (unpaired) electrons. The first-order chi connectivity index (χ1) is 14.3. The zero-order valence-corrected chi connectivity index (χ0v) is 16.7. The Kier molecular flexibility index (Phi) is 6.58. The molecule has 0 aliphatic carbocycles. The first kappa shape index (κ1) is 21.2. The fourth-order valence-corrected chi connectivity index (χ4v) is 2.81. The number of hydrogen-bond acceptors (Lipinski definition) is 4. The van der Waals surface area contributed by atoms with Crippen LogP contribution >= 0.6 is 11.6 Å². The predicted octanol–water partition coefficient (Wildman–Crippen LogP) is 2.47. The summed E-state index contributed by atoms with van der Waals surface area (Å²) in [4.78, 5) is 41.7. The van der Waals surface area contributed by atoms with Crippen LogP contribution in [0, 0.1) is 5.82 Å². The summed E-state index contributed by atoms with van der Waals surface area (Å²) < 4.78 is 13.2. The average molecular weight is 429 g/mol. The van der Waals surface area contributed by atoms with Crippen molar-refractivity contribution in [2.75, 3.05) is 6.54 Å². The molecule has 0 atom stereocenters. The number of amides is 3. The monoisotopic (exact) mass is 428 g/mol. The first-order valence-corrected chi connectivity index (χ1v) is 9.36. The topological polar surface area (TPSA) is 90.9 Å².